The molecule has 0 saturated carbocycles. The Morgan fingerprint density at radius 2 is 1.06 bits per heavy atom. The fourth-order valence-electron chi connectivity index (χ4n) is 3.99. The van der Waals surface area contributed by atoms with E-state index in [9.17, 15) is 0 Å². The van der Waals surface area contributed by atoms with Crippen molar-refractivity contribution in [2.45, 2.75) is 32.5 Å². The fourth-order valence-corrected chi connectivity index (χ4v) is 6.07. The van der Waals surface area contributed by atoms with E-state index in [4.69, 9.17) is 0 Å². The average Bonchev–Trinajstić information content (AvgIpc) is 2.87. The van der Waals surface area contributed by atoms with Gasteiger partial charge in [0.05, 0.1) is 22.7 Å². The zero-order chi connectivity index (χ0) is 23.5. The van der Waals surface area contributed by atoms with Gasteiger partial charge in [-0.25, -0.2) is 0 Å². The van der Waals surface area contributed by atoms with Crippen molar-refractivity contribution in [2.75, 3.05) is 30.9 Å². The molecule has 1 unspecified atom stereocenters. The van der Waals surface area contributed by atoms with Crippen LogP contribution in [0.4, 0.5) is 22.7 Å². The van der Waals surface area contributed by atoms with Crippen LogP contribution in [0.2, 0.25) is 0 Å². The van der Waals surface area contributed by atoms with Gasteiger partial charge in [-0.2, -0.15) is 0 Å². The number of hydrogen-bond acceptors (Lipinski definition) is 5. The summed E-state index contributed by atoms with van der Waals surface area (Å²) in [5, 5.41) is 3.42. The highest BCUT2D eigenvalue weighted by Crippen LogP contribution is 2.48. The standard InChI is InChI=1S/C17H20N2S.C12H9NS/c1-13(18(2)3)12-19-14-8-4-6-10-16(14)20-17-11-7-5-9-15(17)19;1-3-7-11-9(5-1)13-10-6-2-4-8-12(10)14-11/h4-11,13H,12H2,1-3H3;1-8,13H. The quantitative estimate of drug-likeness (QED) is 0.278. The maximum atomic E-state index is 3.42. The van der Waals surface area contributed by atoms with Crippen LogP contribution in [0.25, 0.3) is 0 Å². The summed E-state index contributed by atoms with van der Waals surface area (Å²) in [5.41, 5.74) is 5.06. The SMILES string of the molecule is CC(CN1c2ccccc2Sc2ccccc21)N(C)C.c1ccc2c(c1)Nc1ccccc1S2. The predicted molar refractivity (Wildman–Crippen MR) is 147 cm³/mol. The van der Waals surface area contributed by atoms with Crippen LogP contribution in [0.5, 0.6) is 0 Å². The first-order valence-corrected chi connectivity index (χ1v) is 13.2. The van der Waals surface area contributed by atoms with Crippen LogP contribution < -0.4 is 10.2 Å². The average molecular weight is 484 g/mol. The molecule has 0 bridgehead atoms. The van der Waals surface area contributed by atoms with Crippen LogP contribution in [-0.2, 0) is 0 Å². The van der Waals surface area contributed by atoms with Crippen molar-refractivity contribution >= 4 is 46.3 Å². The van der Waals surface area contributed by atoms with Gasteiger partial charge in [0.25, 0.3) is 0 Å². The van der Waals surface area contributed by atoms with Crippen molar-refractivity contribution in [3.8, 4) is 0 Å². The predicted octanol–water partition coefficient (Wildman–Crippen LogP) is 8.13. The summed E-state index contributed by atoms with van der Waals surface area (Å²) in [5.74, 6) is 0. The highest BCUT2D eigenvalue weighted by Gasteiger charge is 2.24. The van der Waals surface area contributed by atoms with Crippen molar-refractivity contribution in [3.05, 3.63) is 97.1 Å². The van der Waals surface area contributed by atoms with E-state index >= 15 is 0 Å². The van der Waals surface area contributed by atoms with Crippen molar-refractivity contribution in [1.82, 2.24) is 4.90 Å². The highest BCUT2D eigenvalue weighted by atomic mass is 32.2. The first kappa shape index (κ1) is 22.9. The molecule has 34 heavy (non-hydrogen) atoms. The molecule has 2 heterocycles. The van der Waals surface area contributed by atoms with E-state index in [1.165, 1.54) is 42.3 Å². The zero-order valence-electron chi connectivity index (χ0n) is 19.7. The van der Waals surface area contributed by atoms with E-state index < -0.39 is 0 Å². The van der Waals surface area contributed by atoms with Crippen LogP contribution in [0.3, 0.4) is 0 Å². The first-order valence-electron chi connectivity index (χ1n) is 11.5. The Kier molecular flexibility index (Phi) is 6.86. The van der Waals surface area contributed by atoms with Gasteiger partial charge in [-0.15, -0.1) is 0 Å². The van der Waals surface area contributed by atoms with Crippen LogP contribution >= 0.6 is 23.5 Å². The Morgan fingerprint density at radius 3 is 1.56 bits per heavy atom. The summed E-state index contributed by atoms with van der Waals surface area (Å²) in [4.78, 5) is 10.0. The number of hydrogen-bond donors (Lipinski definition) is 1. The van der Waals surface area contributed by atoms with Crippen LogP contribution in [-0.4, -0.2) is 31.6 Å². The molecule has 3 nitrogen and oxygen atoms in total. The summed E-state index contributed by atoms with van der Waals surface area (Å²) in [6.07, 6.45) is 0. The Morgan fingerprint density at radius 1 is 0.647 bits per heavy atom. The Balaban J connectivity index is 0.000000150. The van der Waals surface area contributed by atoms with Gasteiger partial charge in [0.2, 0.25) is 0 Å². The number of para-hydroxylation sites is 4. The van der Waals surface area contributed by atoms with Gasteiger partial charge in [-0.3, -0.25) is 0 Å². The third kappa shape index (κ3) is 4.83. The van der Waals surface area contributed by atoms with Crippen molar-refractivity contribution in [1.29, 1.82) is 0 Å². The lowest BCUT2D eigenvalue weighted by Crippen LogP contribution is -2.37. The summed E-state index contributed by atoms with van der Waals surface area (Å²) in [6, 6.07) is 34.6. The molecule has 0 saturated heterocycles. The van der Waals surface area contributed by atoms with Gasteiger partial charge in [0, 0.05) is 32.2 Å². The molecule has 0 radical (unpaired) electrons. The monoisotopic (exact) mass is 483 g/mol. The number of anilines is 4. The number of benzene rings is 4. The van der Waals surface area contributed by atoms with Crippen LogP contribution in [0.15, 0.2) is 117 Å². The Hall–Kier alpha value is -2.86. The Labute approximate surface area is 211 Å². The van der Waals surface area contributed by atoms with E-state index in [0.29, 0.717) is 6.04 Å². The molecule has 5 heteroatoms. The fraction of sp³-hybridized carbons (Fsp3) is 0.172. The third-order valence-corrected chi connectivity index (χ3v) is 8.41. The number of nitrogens with zero attached hydrogens (tertiary/aromatic N) is 2. The third-order valence-electron chi connectivity index (χ3n) is 6.12. The molecule has 0 amide bonds. The van der Waals surface area contributed by atoms with Crippen molar-refractivity contribution < 1.29 is 0 Å². The van der Waals surface area contributed by atoms with Gasteiger partial charge in [0.15, 0.2) is 0 Å². The second-order valence-electron chi connectivity index (χ2n) is 8.68. The van der Waals surface area contributed by atoms with E-state index in [2.05, 4.69) is 133 Å². The maximum Gasteiger partial charge on any atom is 0.0553 e. The highest BCUT2D eigenvalue weighted by molar-refractivity contribution is 8.00. The number of nitrogens with one attached hydrogen (secondary N) is 1. The molecule has 4 aromatic rings. The van der Waals surface area contributed by atoms with E-state index in [1.54, 1.807) is 0 Å². The molecule has 0 aliphatic carbocycles. The minimum atomic E-state index is 0.499. The number of likely N-dealkylation sites (N-methyl/N-ethyl adjacent to an activating group) is 1. The van der Waals surface area contributed by atoms with Gasteiger partial charge in [0.1, 0.15) is 0 Å². The van der Waals surface area contributed by atoms with Gasteiger partial charge < -0.3 is 15.1 Å². The zero-order valence-corrected chi connectivity index (χ0v) is 21.4. The molecule has 6 rings (SSSR count). The van der Waals surface area contributed by atoms with Crippen LogP contribution in [0.1, 0.15) is 6.92 Å². The molecule has 0 spiro atoms. The van der Waals surface area contributed by atoms with E-state index in [1.807, 2.05) is 23.5 Å². The molecule has 0 aromatic heterocycles. The largest absolute Gasteiger partial charge is 0.354 e. The minimum Gasteiger partial charge on any atom is -0.354 e. The van der Waals surface area contributed by atoms with Crippen LogP contribution in [0, 0.1) is 0 Å². The van der Waals surface area contributed by atoms with Crippen molar-refractivity contribution in [3.63, 3.8) is 0 Å². The molecule has 2 aliphatic heterocycles. The molecule has 1 N–H and O–H groups in total. The number of fused-ring (bicyclic) bond motifs is 4. The normalized spacial score (nSPS) is 13.9. The molecule has 4 aromatic carbocycles. The maximum absolute atomic E-state index is 3.42. The molecule has 2 aliphatic rings. The first-order chi connectivity index (χ1) is 16.6. The smallest absolute Gasteiger partial charge is 0.0553 e. The molecule has 0 fully saturated rings. The lowest BCUT2D eigenvalue weighted by molar-refractivity contribution is 0.319. The van der Waals surface area contributed by atoms with Gasteiger partial charge in [-0.1, -0.05) is 72.1 Å². The van der Waals surface area contributed by atoms with Gasteiger partial charge >= 0.3 is 0 Å². The minimum absolute atomic E-state index is 0.499. The van der Waals surface area contributed by atoms with E-state index in [0.717, 1.165) is 6.54 Å². The summed E-state index contributed by atoms with van der Waals surface area (Å²) < 4.78 is 0. The summed E-state index contributed by atoms with van der Waals surface area (Å²) >= 11 is 3.69. The molecular formula is C29H29N3S2. The second-order valence-corrected chi connectivity index (χ2v) is 10.8. The molecular weight excluding hydrogens is 454 g/mol. The van der Waals surface area contributed by atoms with Gasteiger partial charge in [-0.05, 0) is 69.6 Å². The Bertz CT molecular complexity index is 1150. The lowest BCUT2D eigenvalue weighted by atomic mass is 10.2. The summed E-state index contributed by atoms with van der Waals surface area (Å²) in [6.45, 7) is 3.27. The van der Waals surface area contributed by atoms with E-state index in [-0.39, 0.29) is 0 Å². The second kappa shape index (κ2) is 10.2. The topological polar surface area (TPSA) is 18.5 Å². The summed E-state index contributed by atoms with van der Waals surface area (Å²) in [7, 11) is 4.28. The molecule has 172 valence electrons. The lowest BCUT2D eigenvalue weighted by Gasteiger charge is -2.36. The van der Waals surface area contributed by atoms with Crippen molar-refractivity contribution in [2.24, 2.45) is 0 Å². The number of rotatable bonds is 3. The molecule has 1 atom stereocenters.